The van der Waals surface area contributed by atoms with Gasteiger partial charge in [0, 0.05) is 48.4 Å². The molecule has 8 nitrogen and oxygen atoms in total. The van der Waals surface area contributed by atoms with Gasteiger partial charge in [-0.15, -0.1) is 0 Å². The molecule has 1 atom stereocenters. The van der Waals surface area contributed by atoms with Crippen molar-refractivity contribution in [3.05, 3.63) is 126 Å². The molecule has 2 heterocycles. The highest BCUT2D eigenvalue weighted by molar-refractivity contribution is 6.30. The van der Waals surface area contributed by atoms with Crippen molar-refractivity contribution < 1.29 is 9.60 Å². The van der Waals surface area contributed by atoms with Crippen molar-refractivity contribution in [2.75, 3.05) is 0 Å². The van der Waals surface area contributed by atoms with Gasteiger partial charge >= 0.3 is 5.69 Å². The SMILES string of the molecule is Cn1cc(C(CC(c2ccc(-c3c[nH]c(=O)[nH]c3=O)cc2)c2ccc(Cl)cc2F)=NO)ccc1=O. The summed E-state index contributed by atoms with van der Waals surface area (Å²) in [6.07, 6.45) is 2.97. The molecule has 4 aromatic rings. The van der Waals surface area contributed by atoms with Gasteiger partial charge < -0.3 is 14.8 Å². The number of oxime groups is 1. The minimum Gasteiger partial charge on any atom is -0.411 e. The van der Waals surface area contributed by atoms with Gasteiger partial charge in [-0.25, -0.2) is 9.18 Å². The second-order valence-corrected chi connectivity index (χ2v) is 8.38. The maximum Gasteiger partial charge on any atom is 0.325 e. The van der Waals surface area contributed by atoms with Gasteiger partial charge in [-0.05, 0) is 34.9 Å². The predicted octanol–water partition coefficient (Wildman–Crippen LogP) is 3.62. The van der Waals surface area contributed by atoms with Crippen LogP contribution in [-0.2, 0) is 7.05 Å². The maximum absolute atomic E-state index is 15.0. The molecule has 0 amide bonds. The van der Waals surface area contributed by atoms with Crippen molar-refractivity contribution in [1.82, 2.24) is 14.5 Å². The van der Waals surface area contributed by atoms with Crippen molar-refractivity contribution in [2.24, 2.45) is 12.2 Å². The van der Waals surface area contributed by atoms with Crippen LogP contribution in [0.25, 0.3) is 11.1 Å². The molecule has 0 saturated heterocycles. The number of hydrogen-bond donors (Lipinski definition) is 3. The number of pyridine rings is 1. The molecule has 0 radical (unpaired) electrons. The van der Waals surface area contributed by atoms with Crippen LogP contribution in [0.15, 0.2) is 86.5 Å². The highest BCUT2D eigenvalue weighted by Crippen LogP contribution is 2.33. The van der Waals surface area contributed by atoms with E-state index in [9.17, 15) is 24.0 Å². The van der Waals surface area contributed by atoms with Crippen LogP contribution in [0.2, 0.25) is 5.02 Å². The Hall–Kier alpha value is -4.24. The van der Waals surface area contributed by atoms with E-state index in [-0.39, 0.29) is 28.3 Å². The lowest BCUT2D eigenvalue weighted by Gasteiger charge is -2.20. The Balaban J connectivity index is 1.77. The molecular weight excluding hydrogens is 475 g/mol. The molecule has 0 aliphatic carbocycles. The third-order valence-electron chi connectivity index (χ3n) is 5.72. The molecule has 0 spiro atoms. The normalized spacial score (nSPS) is 12.5. The van der Waals surface area contributed by atoms with Gasteiger partial charge in [0.2, 0.25) is 5.56 Å². The monoisotopic (exact) mass is 494 g/mol. The van der Waals surface area contributed by atoms with E-state index in [0.29, 0.717) is 22.3 Å². The summed E-state index contributed by atoms with van der Waals surface area (Å²) >= 11 is 5.95. The Morgan fingerprint density at radius 2 is 1.86 bits per heavy atom. The average molecular weight is 495 g/mol. The first-order chi connectivity index (χ1) is 16.8. The first-order valence-corrected chi connectivity index (χ1v) is 10.9. The summed E-state index contributed by atoms with van der Waals surface area (Å²) in [6.45, 7) is 0. The number of hydrogen-bond acceptors (Lipinski definition) is 5. The third kappa shape index (κ3) is 5.15. The number of aromatic nitrogens is 3. The predicted molar refractivity (Wildman–Crippen MR) is 131 cm³/mol. The first kappa shape index (κ1) is 23.9. The van der Waals surface area contributed by atoms with Crippen LogP contribution in [0.5, 0.6) is 0 Å². The Morgan fingerprint density at radius 3 is 2.49 bits per heavy atom. The molecule has 0 bridgehead atoms. The van der Waals surface area contributed by atoms with E-state index >= 15 is 0 Å². The summed E-state index contributed by atoms with van der Waals surface area (Å²) in [5.74, 6) is -1.11. The van der Waals surface area contributed by atoms with E-state index in [1.807, 2.05) is 0 Å². The fourth-order valence-electron chi connectivity index (χ4n) is 3.89. The third-order valence-corrected chi connectivity index (χ3v) is 5.95. The number of benzene rings is 2. The summed E-state index contributed by atoms with van der Waals surface area (Å²) in [5.41, 5.74) is 1.22. The van der Waals surface area contributed by atoms with Crippen molar-refractivity contribution >= 4 is 17.3 Å². The number of nitrogens with one attached hydrogen (secondary N) is 2. The van der Waals surface area contributed by atoms with E-state index in [1.165, 1.54) is 35.2 Å². The number of H-pyrrole nitrogens is 2. The highest BCUT2D eigenvalue weighted by atomic mass is 35.5. The molecule has 0 aliphatic rings. The quantitative estimate of drug-likeness (QED) is 0.215. The fraction of sp³-hybridized carbons (Fsp3) is 0.120. The number of halogens is 2. The van der Waals surface area contributed by atoms with Gasteiger partial charge in [0.1, 0.15) is 5.82 Å². The van der Waals surface area contributed by atoms with Crippen molar-refractivity contribution in [3.63, 3.8) is 0 Å². The topological polar surface area (TPSA) is 120 Å². The van der Waals surface area contributed by atoms with Gasteiger partial charge in [-0.3, -0.25) is 14.6 Å². The van der Waals surface area contributed by atoms with Gasteiger partial charge in [-0.2, -0.15) is 0 Å². The number of aromatic amines is 2. The molecule has 2 aromatic carbocycles. The van der Waals surface area contributed by atoms with Crippen molar-refractivity contribution in [2.45, 2.75) is 12.3 Å². The molecule has 4 rings (SSSR count). The zero-order chi connectivity index (χ0) is 25.1. The summed E-state index contributed by atoms with van der Waals surface area (Å²) < 4.78 is 16.3. The molecule has 0 aliphatic heterocycles. The number of rotatable bonds is 6. The van der Waals surface area contributed by atoms with Crippen LogP contribution < -0.4 is 16.8 Å². The van der Waals surface area contributed by atoms with Crippen LogP contribution in [0.3, 0.4) is 0 Å². The fourth-order valence-corrected chi connectivity index (χ4v) is 4.04. The molecule has 3 N–H and O–H groups in total. The summed E-state index contributed by atoms with van der Waals surface area (Å²) in [4.78, 5) is 39.8. The maximum atomic E-state index is 15.0. The molecular formula is C25H20ClFN4O4. The van der Waals surface area contributed by atoms with Crippen molar-refractivity contribution in [1.29, 1.82) is 0 Å². The van der Waals surface area contributed by atoms with E-state index in [4.69, 9.17) is 11.6 Å². The van der Waals surface area contributed by atoms with Crippen LogP contribution >= 0.6 is 11.6 Å². The lowest BCUT2D eigenvalue weighted by Crippen LogP contribution is -2.22. The van der Waals surface area contributed by atoms with Crippen molar-refractivity contribution in [3.8, 4) is 11.1 Å². The number of nitrogens with zero attached hydrogens (tertiary/aromatic N) is 2. The molecule has 178 valence electrons. The Kier molecular flexibility index (Phi) is 6.79. The first-order valence-electron chi connectivity index (χ1n) is 10.5. The zero-order valence-electron chi connectivity index (χ0n) is 18.5. The Bertz CT molecular complexity index is 1590. The lowest BCUT2D eigenvalue weighted by molar-refractivity contribution is 0.317. The molecule has 1 unspecified atom stereocenters. The standard InChI is InChI=1S/C25H20ClFN4O4/c1-31-13-16(6-9-23(31)32)22(30-35)11-19(18-8-7-17(26)10-21(18)27)14-2-4-15(5-3-14)20-12-28-25(34)29-24(20)33/h2-10,12-13,19,35H,11H2,1H3,(H2,28,29,33,34). The second-order valence-electron chi connectivity index (χ2n) is 7.94. The zero-order valence-corrected chi connectivity index (χ0v) is 19.2. The summed E-state index contributed by atoms with van der Waals surface area (Å²) in [5, 5.41) is 13.4. The summed E-state index contributed by atoms with van der Waals surface area (Å²) in [6, 6.07) is 14.1. The molecule has 0 fully saturated rings. The lowest BCUT2D eigenvalue weighted by atomic mass is 9.85. The molecule has 10 heteroatoms. The van der Waals surface area contributed by atoms with Gasteiger partial charge in [-0.1, -0.05) is 47.1 Å². The van der Waals surface area contributed by atoms with Crippen LogP contribution in [0.1, 0.15) is 29.0 Å². The summed E-state index contributed by atoms with van der Waals surface area (Å²) in [7, 11) is 1.58. The largest absolute Gasteiger partial charge is 0.411 e. The van der Waals surface area contributed by atoms with Crippen LogP contribution in [0, 0.1) is 5.82 Å². The van der Waals surface area contributed by atoms with Crippen LogP contribution in [0.4, 0.5) is 4.39 Å². The molecule has 0 saturated carbocycles. The number of aryl methyl sites for hydroxylation is 1. The van der Waals surface area contributed by atoms with E-state index in [0.717, 1.165) is 0 Å². The Labute approximate surface area is 203 Å². The van der Waals surface area contributed by atoms with E-state index in [2.05, 4.69) is 15.1 Å². The second kappa shape index (κ2) is 9.94. The Morgan fingerprint density at radius 1 is 1.11 bits per heavy atom. The minimum absolute atomic E-state index is 0.103. The molecule has 2 aromatic heterocycles. The van der Waals surface area contributed by atoms with Gasteiger partial charge in [0.25, 0.3) is 5.56 Å². The van der Waals surface area contributed by atoms with Gasteiger partial charge in [0.05, 0.1) is 11.3 Å². The molecule has 35 heavy (non-hydrogen) atoms. The average Bonchev–Trinajstić information content (AvgIpc) is 2.83. The smallest absolute Gasteiger partial charge is 0.325 e. The minimum atomic E-state index is -0.608. The van der Waals surface area contributed by atoms with E-state index in [1.54, 1.807) is 43.4 Å². The van der Waals surface area contributed by atoms with E-state index < -0.39 is 23.0 Å². The van der Waals surface area contributed by atoms with Gasteiger partial charge in [0.15, 0.2) is 0 Å². The highest BCUT2D eigenvalue weighted by Gasteiger charge is 2.22. The van der Waals surface area contributed by atoms with Crippen LogP contribution in [-0.4, -0.2) is 25.5 Å².